The lowest BCUT2D eigenvalue weighted by molar-refractivity contribution is -0.253. The number of hydrogen-bond donors (Lipinski definition) is 3. The molecule has 17 nitrogen and oxygen atoms in total. The third-order valence-corrected chi connectivity index (χ3v) is 11.8. The molecule has 0 spiro atoms. The van der Waals surface area contributed by atoms with Gasteiger partial charge in [-0.25, -0.2) is 4.79 Å². The van der Waals surface area contributed by atoms with Crippen LogP contribution < -0.4 is 11.0 Å². The summed E-state index contributed by atoms with van der Waals surface area (Å²) in [5.74, 6) is -2.77. The Morgan fingerprint density at radius 3 is 2.14 bits per heavy atom. The Morgan fingerprint density at radius 2 is 1.47 bits per heavy atom. The fraction of sp³-hybridized carbons (Fsp3) is 0.478. The number of aliphatic hydroxyl groups is 1. The molecule has 0 radical (unpaired) electrons. The number of rotatable bonds is 14. The molecule has 3 saturated heterocycles. The number of nitrogens with zero attached hydrogens (tertiary/aromatic N) is 2. The third-order valence-electron chi connectivity index (χ3n) is 11.5. The summed E-state index contributed by atoms with van der Waals surface area (Å²) >= 11 is 5.81. The standard InChI is InChI=1S/C46H54N4O13S/c1-26(52)57-25-40-43(59-28(3)54)44(60-29(4)55)42(58-27(2)53)39(62-40)22-41(64)47-33-9-7-8-32(20-33)45-61-35(21-38(63-45)31-14-12-30(24-51)13-15-31)23-49-18-16-34(17-19-49)50-37-11-6-5-10-36(37)48-46(50)56/h5-15,20,34-35,38-40,42-45,51H,16-19,21-25H2,1-4H3,(H,47,64)(H,48,56). The molecule has 0 saturated carbocycles. The van der Waals surface area contributed by atoms with Gasteiger partial charge in [0.05, 0.1) is 34.8 Å². The molecule has 3 aliphatic heterocycles. The van der Waals surface area contributed by atoms with Crippen LogP contribution in [-0.2, 0) is 58.9 Å². The number of fused-ring (bicyclic) bond motifs is 1. The van der Waals surface area contributed by atoms with Gasteiger partial charge in [0.1, 0.15) is 18.8 Å². The van der Waals surface area contributed by atoms with Crippen LogP contribution in [0.3, 0.4) is 0 Å². The Kier molecular flexibility index (Phi) is 15.3. The van der Waals surface area contributed by atoms with Crippen LogP contribution in [0.15, 0.2) is 77.6 Å². The normalized spacial score (nSPS) is 25.3. The Morgan fingerprint density at radius 1 is 0.797 bits per heavy atom. The van der Waals surface area contributed by atoms with E-state index in [2.05, 4.69) is 15.2 Å². The summed E-state index contributed by atoms with van der Waals surface area (Å²) in [6.07, 6.45) is -5.10. The first kappa shape index (κ1) is 46.5. The first-order valence-corrected chi connectivity index (χ1v) is 21.8. The number of H-pyrrole nitrogens is 1. The second kappa shape index (κ2) is 21.0. The number of aliphatic hydroxyl groups excluding tert-OH is 1. The molecule has 342 valence electrons. The number of aromatic nitrogens is 2. The third kappa shape index (κ3) is 11.6. The maximum atomic E-state index is 12.9. The van der Waals surface area contributed by atoms with Crippen molar-refractivity contribution in [3.63, 3.8) is 0 Å². The summed E-state index contributed by atoms with van der Waals surface area (Å²) in [4.78, 5) is 67.2. The fourth-order valence-electron chi connectivity index (χ4n) is 8.76. The van der Waals surface area contributed by atoms with E-state index in [1.165, 1.54) is 13.8 Å². The van der Waals surface area contributed by atoms with Crippen LogP contribution in [0, 0.1) is 0 Å². The topological polar surface area (TPSA) is 206 Å². The van der Waals surface area contributed by atoms with Gasteiger partial charge in [0.25, 0.3) is 0 Å². The van der Waals surface area contributed by atoms with Crippen molar-refractivity contribution in [1.29, 1.82) is 0 Å². The van der Waals surface area contributed by atoms with Crippen molar-refractivity contribution < 1.29 is 57.4 Å². The average molecular weight is 903 g/mol. The molecule has 3 fully saturated rings. The van der Waals surface area contributed by atoms with Crippen LogP contribution in [0.25, 0.3) is 11.0 Å². The van der Waals surface area contributed by atoms with Gasteiger partial charge in [0.2, 0.25) is 0 Å². The van der Waals surface area contributed by atoms with Crippen LogP contribution in [0.2, 0.25) is 0 Å². The van der Waals surface area contributed by atoms with Gasteiger partial charge in [0.15, 0.2) is 24.6 Å². The number of imidazole rings is 1. The number of nitrogens with one attached hydrogen (secondary N) is 2. The fourth-order valence-corrected chi connectivity index (χ4v) is 9.04. The number of carbonyl (C=O) groups excluding carboxylic acids is 4. The van der Waals surface area contributed by atoms with E-state index in [1.54, 1.807) is 0 Å². The van der Waals surface area contributed by atoms with E-state index in [9.17, 15) is 29.1 Å². The van der Waals surface area contributed by atoms with Crippen molar-refractivity contribution in [2.45, 2.75) is 115 Å². The molecule has 4 heterocycles. The molecule has 3 aromatic carbocycles. The highest BCUT2D eigenvalue weighted by molar-refractivity contribution is 7.80. The van der Waals surface area contributed by atoms with Crippen molar-refractivity contribution in [3.8, 4) is 0 Å². The number of carbonyl (C=O) groups is 4. The van der Waals surface area contributed by atoms with E-state index in [0.29, 0.717) is 18.7 Å². The van der Waals surface area contributed by atoms with Crippen LogP contribution in [0.4, 0.5) is 5.69 Å². The first-order chi connectivity index (χ1) is 30.7. The van der Waals surface area contributed by atoms with Crippen molar-refractivity contribution >= 4 is 57.8 Å². The minimum absolute atomic E-state index is 0.0469. The second-order valence-electron chi connectivity index (χ2n) is 16.3. The number of anilines is 1. The summed E-state index contributed by atoms with van der Waals surface area (Å²) in [5, 5.41) is 12.9. The Hall–Kier alpha value is -5.50. The van der Waals surface area contributed by atoms with Gasteiger partial charge in [-0.05, 0) is 48.2 Å². The predicted octanol–water partition coefficient (Wildman–Crippen LogP) is 4.96. The van der Waals surface area contributed by atoms with E-state index in [-0.39, 0.29) is 48.6 Å². The van der Waals surface area contributed by atoms with E-state index in [1.807, 2.05) is 77.4 Å². The summed E-state index contributed by atoms with van der Waals surface area (Å²) < 4.78 is 43.4. The molecule has 0 aliphatic carbocycles. The number of likely N-dealkylation sites (tertiary alicyclic amines) is 1. The minimum atomic E-state index is -1.31. The molecule has 3 aliphatic rings. The number of benzene rings is 3. The lowest BCUT2D eigenvalue weighted by atomic mass is 9.92. The highest BCUT2D eigenvalue weighted by Gasteiger charge is 2.52. The summed E-state index contributed by atoms with van der Waals surface area (Å²) in [6, 6.07) is 22.9. The molecule has 4 aromatic rings. The maximum Gasteiger partial charge on any atom is 0.326 e. The molecule has 0 amide bonds. The van der Waals surface area contributed by atoms with Gasteiger partial charge in [-0.3, -0.25) is 23.7 Å². The molecule has 8 unspecified atom stereocenters. The average Bonchev–Trinajstić information content (AvgIpc) is 3.60. The number of ether oxygens (including phenoxy) is 7. The number of thiocarbonyl (C=S) groups is 1. The van der Waals surface area contributed by atoms with Crippen molar-refractivity contribution in [2.24, 2.45) is 0 Å². The highest BCUT2D eigenvalue weighted by atomic mass is 32.1. The number of para-hydroxylation sites is 2. The number of piperidine rings is 1. The molecule has 64 heavy (non-hydrogen) atoms. The second-order valence-corrected chi connectivity index (χ2v) is 16.8. The zero-order valence-electron chi connectivity index (χ0n) is 36.1. The summed E-state index contributed by atoms with van der Waals surface area (Å²) in [6.45, 7) is 6.51. The van der Waals surface area contributed by atoms with Crippen molar-refractivity contribution in [3.05, 3.63) is 100.0 Å². The van der Waals surface area contributed by atoms with Crippen molar-refractivity contribution in [1.82, 2.24) is 14.5 Å². The first-order valence-electron chi connectivity index (χ1n) is 21.4. The van der Waals surface area contributed by atoms with Crippen LogP contribution in [0.5, 0.6) is 0 Å². The van der Waals surface area contributed by atoms with Crippen LogP contribution in [-0.4, -0.2) is 111 Å². The Balaban J connectivity index is 1.06. The van der Waals surface area contributed by atoms with Gasteiger partial charge in [-0.15, -0.1) is 0 Å². The Bertz CT molecular complexity index is 2360. The van der Waals surface area contributed by atoms with E-state index in [0.717, 1.165) is 67.5 Å². The molecule has 0 bridgehead atoms. The smallest absolute Gasteiger partial charge is 0.326 e. The van der Waals surface area contributed by atoms with Gasteiger partial charge in [-0.1, -0.05) is 60.7 Å². The number of hydrogen-bond acceptors (Lipinski definition) is 15. The maximum absolute atomic E-state index is 12.9. The highest BCUT2D eigenvalue weighted by Crippen LogP contribution is 2.39. The molecular formula is C46H54N4O13S. The van der Waals surface area contributed by atoms with Gasteiger partial charge in [0, 0.05) is 77.5 Å². The van der Waals surface area contributed by atoms with Crippen molar-refractivity contribution in [2.75, 3.05) is 31.6 Å². The van der Waals surface area contributed by atoms with Gasteiger partial charge >= 0.3 is 29.6 Å². The van der Waals surface area contributed by atoms with Crippen LogP contribution >= 0.6 is 12.2 Å². The van der Waals surface area contributed by atoms with Gasteiger partial charge in [-0.2, -0.15) is 0 Å². The van der Waals surface area contributed by atoms with E-state index < -0.39 is 60.7 Å². The molecule has 8 atom stereocenters. The zero-order valence-corrected chi connectivity index (χ0v) is 37.0. The molecule has 1 aromatic heterocycles. The largest absolute Gasteiger partial charge is 0.463 e. The minimum Gasteiger partial charge on any atom is -0.463 e. The van der Waals surface area contributed by atoms with Crippen LogP contribution in [0.1, 0.15) is 88.5 Å². The van der Waals surface area contributed by atoms with E-state index >= 15 is 0 Å². The number of esters is 4. The zero-order chi connectivity index (χ0) is 45.5. The van der Waals surface area contributed by atoms with Gasteiger partial charge < -0.3 is 53.5 Å². The molecule has 3 N–H and O–H groups in total. The molecule has 18 heteroatoms. The summed E-state index contributed by atoms with van der Waals surface area (Å²) in [5.41, 5.74) is 4.71. The Labute approximate surface area is 375 Å². The lowest BCUT2D eigenvalue weighted by Gasteiger charge is -2.44. The monoisotopic (exact) mass is 902 g/mol. The number of aromatic amines is 1. The lowest BCUT2D eigenvalue weighted by Crippen LogP contribution is -2.62. The SMILES string of the molecule is CC(=O)OCC1OC(CC(=S)Nc2cccc(C3OC(CN4CCC(n5c(=O)[nH]c6ccccc65)CC4)CC(c4ccc(CO)cc4)O3)c2)C(OC(C)=O)C(OC(C)=O)C1OC(C)=O. The summed E-state index contributed by atoms with van der Waals surface area (Å²) in [7, 11) is 0. The molecule has 7 rings (SSSR count). The predicted molar refractivity (Wildman–Crippen MR) is 235 cm³/mol. The molecular weight excluding hydrogens is 849 g/mol. The quantitative estimate of drug-likeness (QED) is 0.0869. The van der Waals surface area contributed by atoms with E-state index in [4.69, 9.17) is 45.4 Å².